The number of carbonyl (C=O) groups excluding carboxylic acids is 1. The van der Waals surface area contributed by atoms with Gasteiger partial charge in [-0.1, -0.05) is 0 Å². The van der Waals surface area contributed by atoms with Gasteiger partial charge in [-0.15, -0.1) is 0 Å². The Morgan fingerprint density at radius 2 is 1.67 bits per heavy atom. The Balaban J connectivity index is 3.39. The lowest BCUT2D eigenvalue weighted by Gasteiger charge is -2.20. The van der Waals surface area contributed by atoms with Crippen LogP contribution in [0.25, 0.3) is 0 Å². The smallest absolute Gasteiger partial charge is 0.221 e. The standard InChI is InChI=1S/C14H30N2O2/c1-13(2,3)16-12(17)8-10-15-9-7-11-18-14(4,5)6/h15H,7-11H2,1-6H3,(H,16,17). The molecule has 0 aromatic carbocycles. The zero-order valence-corrected chi connectivity index (χ0v) is 12.9. The molecule has 0 aromatic rings. The van der Waals surface area contributed by atoms with E-state index in [9.17, 15) is 4.79 Å². The summed E-state index contributed by atoms with van der Waals surface area (Å²) in [5.41, 5.74) is -0.204. The molecule has 0 aliphatic rings. The van der Waals surface area contributed by atoms with E-state index in [1.807, 2.05) is 20.8 Å². The maximum absolute atomic E-state index is 11.5. The van der Waals surface area contributed by atoms with Crippen molar-refractivity contribution in [1.29, 1.82) is 0 Å². The van der Waals surface area contributed by atoms with Gasteiger partial charge in [0, 0.05) is 25.1 Å². The van der Waals surface area contributed by atoms with Crippen LogP contribution < -0.4 is 10.6 Å². The van der Waals surface area contributed by atoms with Crippen molar-refractivity contribution in [2.45, 2.75) is 65.5 Å². The van der Waals surface area contributed by atoms with Gasteiger partial charge in [0.25, 0.3) is 0 Å². The monoisotopic (exact) mass is 258 g/mol. The largest absolute Gasteiger partial charge is 0.376 e. The third kappa shape index (κ3) is 13.5. The molecule has 0 heterocycles. The Morgan fingerprint density at radius 1 is 1.06 bits per heavy atom. The molecule has 0 aliphatic carbocycles. The van der Waals surface area contributed by atoms with Gasteiger partial charge in [-0.2, -0.15) is 0 Å². The number of hydrogen-bond acceptors (Lipinski definition) is 3. The van der Waals surface area contributed by atoms with E-state index in [1.54, 1.807) is 0 Å². The number of amides is 1. The van der Waals surface area contributed by atoms with E-state index < -0.39 is 0 Å². The summed E-state index contributed by atoms with van der Waals surface area (Å²) < 4.78 is 5.60. The number of carbonyl (C=O) groups is 1. The summed E-state index contributed by atoms with van der Waals surface area (Å²) >= 11 is 0. The maximum atomic E-state index is 11.5. The predicted octanol–water partition coefficient (Wildman–Crippen LogP) is 2.09. The molecular formula is C14H30N2O2. The Labute approximate surface area is 112 Å². The summed E-state index contributed by atoms with van der Waals surface area (Å²) in [6.07, 6.45) is 1.50. The Morgan fingerprint density at radius 3 is 2.17 bits per heavy atom. The van der Waals surface area contributed by atoms with Gasteiger partial charge in [0.15, 0.2) is 0 Å². The van der Waals surface area contributed by atoms with Gasteiger partial charge in [-0.05, 0) is 54.5 Å². The van der Waals surface area contributed by atoms with Gasteiger partial charge in [-0.3, -0.25) is 4.79 Å². The second-order valence-electron chi connectivity index (χ2n) is 6.61. The molecule has 108 valence electrons. The van der Waals surface area contributed by atoms with E-state index in [4.69, 9.17) is 4.74 Å². The quantitative estimate of drug-likeness (QED) is 0.687. The fourth-order valence-electron chi connectivity index (χ4n) is 1.38. The molecule has 0 atom stereocenters. The van der Waals surface area contributed by atoms with Crippen LogP contribution in [-0.2, 0) is 9.53 Å². The highest BCUT2D eigenvalue weighted by Gasteiger charge is 2.12. The fourth-order valence-corrected chi connectivity index (χ4v) is 1.38. The molecule has 0 aliphatic heterocycles. The van der Waals surface area contributed by atoms with Crippen LogP contribution in [0.3, 0.4) is 0 Å². The summed E-state index contributed by atoms with van der Waals surface area (Å²) in [7, 11) is 0. The van der Waals surface area contributed by atoms with Crippen LogP contribution in [0.15, 0.2) is 0 Å². The molecular weight excluding hydrogens is 228 g/mol. The van der Waals surface area contributed by atoms with Crippen molar-refractivity contribution in [2.24, 2.45) is 0 Å². The molecule has 0 spiro atoms. The van der Waals surface area contributed by atoms with E-state index in [-0.39, 0.29) is 17.0 Å². The molecule has 2 N–H and O–H groups in total. The zero-order chi connectivity index (χ0) is 14.2. The molecule has 0 bridgehead atoms. The molecule has 0 radical (unpaired) electrons. The van der Waals surface area contributed by atoms with Crippen LogP contribution in [0.5, 0.6) is 0 Å². The first-order chi connectivity index (χ1) is 8.10. The minimum atomic E-state index is -0.141. The van der Waals surface area contributed by atoms with Crippen molar-refractivity contribution in [3.05, 3.63) is 0 Å². The number of nitrogens with one attached hydrogen (secondary N) is 2. The minimum absolute atomic E-state index is 0.0629. The summed E-state index contributed by atoms with van der Waals surface area (Å²) in [6, 6.07) is 0. The molecule has 0 saturated heterocycles. The lowest BCUT2D eigenvalue weighted by atomic mass is 10.1. The van der Waals surface area contributed by atoms with Crippen LogP contribution in [-0.4, -0.2) is 36.7 Å². The van der Waals surface area contributed by atoms with Gasteiger partial charge in [0.05, 0.1) is 5.60 Å². The van der Waals surface area contributed by atoms with Crippen LogP contribution >= 0.6 is 0 Å². The molecule has 0 aromatic heterocycles. The molecule has 18 heavy (non-hydrogen) atoms. The lowest BCUT2D eigenvalue weighted by molar-refractivity contribution is -0.122. The zero-order valence-electron chi connectivity index (χ0n) is 12.9. The van der Waals surface area contributed by atoms with Crippen molar-refractivity contribution < 1.29 is 9.53 Å². The van der Waals surface area contributed by atoms with E-state index in [0.717, 1.165) is 26.1 Å². The molecule has 0 rings (SSSR count). The fraction of sp³-hybridized carbons (Fsp3) is 0.929. The van der Waals surface area contributed by atoms with Gasteiger partial charge in [0.1, 0.15) is 0 Å². The Kier molecular flexibility index (Phi) is 7.48. The second kappa shape index (κ2) is 7.74. The topological polar surface area (TPSA) is 50.4 Å². The van der Waals surface area contributed by atoms with E-state index in [1.165, 1.54) is 0 Å². The molecule has 0 fully saturated rings. The van der Waals surface area contributed by atoms with Gasteiger partial charge in [0.2, 0.25) is 5.91 Å². The number of hydrogen-bond donors (Lipinski definition) is 2. The van der Waals surface area contributed by atoms with Gasteiger partial charge in [-0.25, -0.2) is 0 Å². The van der Waals surface area contributed by atoms with Crippen molar-refractivity contribution in [3.8, 4) is 0 Å². The average molecular weight is 258 g/mol. The molecule has 1 amide bonds. The van der Waals surface area contributed by atoms with Crippen molar-refractivity contribution in [2.75, 3.05) is 19.7 Å². The Hall–Kier alpha value is -0.610. The number of ether oxygens (including phenoxy) is 1. The van der Waals surface area contributed by atoms with Crippen molar-refractivity contribution in [1.82, 2.24) is 10.6 Å². The van der Waals surface area contributed by atoms with Crippen LogP contribution in [0.2, 0.25) is 0 Å². The highest BCUT2D eigenvalue weighted by molar-refractivity contribution is 5.76. The van der Waals surface area contributed by atoms with Crippen LogP contribution in [0.4, 0.5) is 0 Å². The summed E-state index contributed by atoms with van der Waals surface area (Å²) in [5, 5.41) is 6.18. The third-order valence-corrected chi connectivity index (χ3v) is 2.08. The third-order valence-electron chi connectivity index (χ3n) is 2.08. The Bertz CT molecular complexity index is 239. The maximum Gasteiger partial charge on any atom is 0.221 e. The van der Waals surface area contributed by atoms with Gasteiger partial charge >= 0.3 is 0 Å². The minimum Gasteiger partial charge on any atom is -0.376 e. The first kappa shape index (κ1) is 17.4. The lowest BCUT2D eigenvalue weighted by Crippen LogP contribution is -2.41. The first-order valence-corrected chi connectivity index (χ1v) is 6.76. The van der Waals surface area contributed by atoms with E-state index >= 15 is 0 Å². The molecule has 4 nitrogen and oxygen atoms in total. The van der Waals surface area contributed by atoms with E-state index in [2.05, 4.69) is 31.4 Å². The van der Waals surface area contributed by atoms with Crippen LogP contribution in [0.1, 0.15) is 54.4 Å². The number of rotatable bonds is 7. The molecule has 0 unspecified atom stereocenters. The van der Waals surface area contributed by atoms with Crippen molar-refractivity contribution >= 4 is 5.91 Å². The van der Waals surface area contributed by atoms with Crippen molar-refractivity contribution in [3.63, 3.8) is 0 Å². The second-order valence-corrected chi connectivity index (χ2v) is 6.61. The summed E-state index contributed by atoms with van der Waals surface area (Å²) in [4.78, 5) is 11.5. The summed E-state index contributed by atoms with van der Waals surface area (Å²) in [5.74, 6) is 0.0981. The van der Waals surface area contributed by atoms with Crippen LogP contribution in [0, 0.1) is 0 Å². The SMILES string of the molecule is CC(C)(C)NC(=O)CCNCCCOC(C)(C)C. The first-order valence-electron chi connectivity index (χ1n) is 6.76. The van der Waals surface area contributed by atoms with E-state index in [0.29, 0.717) is 6.42 Å². The molecule has 4 heteroatoms. The highest BCUT2D eigenvalue weighted by atomic mass is 16.5. The molecule has 0 saturated carbocycles. The van der Waals surface area contributed by atoms with Gasteiger partial charge < -0.3 is 15.4 Å². The predicted molar refractivity (Wildman–Crippen MR) is 75.7 cm³/mol. The highest BCUT2D eigenvalue weighted by Crippen LogP contribution is 2.06. The summed E-state index contributed by atoms with van der Waals surface area (Å²) in [6.45, 7) is 14.5. The normalized spacial score (nSPS) is 12.6. The average Bonchev–Trinajstić information content (AvgIpc) is 2.11.